The number of nitrogens with zero attached hydrogens (tertiary/aromatic N) is 2. The molecule has 2 radical (unpaired) electrons. The number of hydrogen-bond acceptors (Lipinski definition) is 2. The summed E-state index contributed by atoms with van der Waals surface area (Å²) in [6.45, 7) is 0. The molecule has 0 unspecified atom stereocenters. The molecule has 0 aliphatic heterocycles. The van der Waals surface area contributed by atoms with Crippen LogP contribution in [0.2, 0.25) is 0 Å². The largest absolute Gasteiger partial charge is 0.508 e. The summed E-state index contributed by atoms with van der Waals surface area (Å²) in [6.07, 6.45) is 0. The van der Waals surface area contributed by atoms with Gasteiger partial charge < -0.3 is 15.7 Å². The molecule has 0 amide bonds. The molecule has 4 heteroatoms. The van der Waals surface area contributed by atoms with Crippen molar-refractivity contribution in [2.75, 3.05) is 0 Å². The Bertz CT molecular complexity index is 491. The van der Waals surface area contributed by atoms with Crippen molar-refractivity contribution in [2.24, 2.45) is 0 Å². The molecule has 2 aromatic carbocycles. The second-order valence-corrected chi connectivity index (χ2v) is 3.18. The van der Waals surface area contributed by atoms with Crippen LogP contribution >= 0.6 is 0 Å². The molecule has 4 nitrogen and oxygen atoms in total. The van der Waals surface area contributed by atoms with Crippen molar-refractivity contribution in [3.8, 4) is 11.5 Å². The molecule has 78 valence electrons. The Morgan fingerprint density at radius 1 is 0.938 bits per heavy atom. The zero-order valence-corrected chi connectivity index (χ0v) is 8.25. The van der Waals surface area contributed by atoms with Gasteiger partial charge in [-0.3, -0.25) is 0 Å². The van der Waals surface area contributed by atoms with E-state index in [1.807, 2.05) is 0 Å². The summed E-state index contributed by atoms with van der Waals surface area (Å²) in [4.78, 5) is 0. The van der Waals surface area contributed by atoms with E-state index in [2.05, 4.69) is 12.1 Å². The first-order chi connectivity index (χ1) is 7.66. The van der Waals surface area contributed by atoms with E-state index in [9.17, 15) is 15.7 Å². The van der Waals surface area contributed by atoms with Crippen LogP contribution in [0.4, 0.5) is 11.4 Å². The molecule has 2 rings (SSSR count). The summed E-state index contributed by atoms with van der Waals surface area (Å²) >= 11 is 0. The van der Waals surface area contributed by atoms with Crippen LogP contribution in [-0.4, -0.2) is 10.2 Å². The second kappa shape index (κ2) is 4.02. The average Bonchev–Trinajstić information content (AvgIpc) is 2.28. The Hall–Kier alpha value is -2.36. The Morgan fingerprint density at radius 3 is 1.75 bits per heavy atom. The molecule has 0 atom stereocenters. The highest BCUT2D eigenvalue weighted by atomic mass is 16.3. The first kappa shape index (κ1) is 10.2. The fourth-order valence-electron chi connectivity index (χ4n) is 1.26. The summed E-state index contributed by atoms with van der Waals surface area (Å²) < 4.78 is 0.777. The lowest BCUT2D eigenvalue weighted by molar-refractivity contribution is 0.475. The normalized spacial score (nSPS) is 10.0. The average molecular weight is 212 g/mol. The van der Waals surface area contributed by atoms with Gasteiger partial charge in [-0.1, -0.05) is 0 Å². The molecule has 0 aromatic heterocycles. The molecule has 0 aliphatic rings. The van der Waals surface area contributed by atoms with Gasteiger partial charge in [0.05, 0.1) is 24.3 Å². The quantitative estimate of drug-likeness (QED) is 0.593. The molecule has 0 saturated heterocycles. The molecule has 0 bridgehead atoms. The Balaban J connectivity index is 2.39. The maximum absolute atomic E-state index is 9.79. The summed E-state index contributed by atoms with van der Waals surface area (Å²) in [7, 11) is 0. The van der Waals surface area contributed by atoms with E-state index in [0.717, 1.165) is 4.70 Å². The molecular formula is C12H8N2O2. The lowest BCUT2D eigenvalue weighted by Gasteiger charge is -2.05. The topological polar surface area (TPSA) is 65.8 Å². The number of benzene rings is 2. The Kier molecular flexibility index (Phi) is 2.55. The van der Waals surface area contributed by atoms with Crippen molar-refractivity contribution >= 4 is 11.4 Å². The van der Waals surface area contributed by atoms with Crippen molar-refractivity contribution in [3.05, 3.63) is 54.1 Å². The van der Waals surface area contributed by atoms with Crippen LogP contribution in [0.25, 0.3) is 5.53 Å². The van der Waals surface area contributed by atoms with E-state index in [0.29, 0.717) is 0 Å². The van der Waals surface area contributed by atoms with Gasteiger partial charge in [-0.05, 0) is 24.3 Å². The molecule has 2 aromatic rings. The van der Waals surface area contributed by atoms with Gasteiger partial charge in [-0.25, -0.2) is 4.70 Å². The highest BCUT2D eigenvalue weighted by Crippen LogP contribution is 2.24. The van der Waals surface area contributed by atoms with Gasteiger partial charge in [0, 0.05) is 0 Å². The van der Waals surface area contributed by atoms with Gasteiger partial charge in [0.2, 0.25) is 11.4 Å². The van der Waals surface area contributed by atoms with Gasteiger partial charge >= 0.3 is 0 Å². The first-order valence-electron chi connectivity index (χ1n) is 4.57. The zero-order chi connectivity index (χ0) is 11.5. The molecule has 2 N–H and O–H groups in total. The standard InChI is InChI=1S/C12H8N2O2/c13-14(9-3-1-5-11(15)7-9)10-4-2-6-12(16)8-10/h1-2,5-8,15-16H. The highest BCUT2D eigenvalue weighted by Gasteiger charge is 2.08. The molecule has 0 saturated carbocycles. The zero-order valence-electron chi connectivity index (χ0n) is 8.25. The van der Waals surface area contributed by atoms with Gasteiger partial charge in [-0.15, -0.1) is 0 Å². The predicted octanol–water partition coefficient (Wildman–Crippen LogP) is 2.55. The first-order valence-corrected chi connectivity index (χ1v) is 4.57. The number of phenolic OH excluding ortho intramolecular Hbond substituents is 2. The van der Waals surface area contributed by atoms with Gasteiger partial charge in [0.1, 0.15) is 11.5 Å². The number of phenols is 2. The summed E-state index contributed by atoms with van der Waals surface area (Å²) in [6, 6.07) is 14.0. The fourth-order valence-corrected chi connectivity index (χ4v) is 1.26. The minimum absolute atomic E-state index is 0.0213. The molecule has 16 heavy (non-hydrogen) atoms. The smallest absolute Gasteiger partial charge is 0.211 e. The highest BCUT2D eigenvalue weighted by molar-refractivity contribution is 5.53. The van der Waals surface area contributed by atoms with E-state index in [1.165, 1.54) is 36.4 Å². The lowest BCUT2D eigenvalue weighted by atomic mass is 10.2. The van der Waals surface area contributed by atoms with Crippen molar-refractivity contribution in [1.82, 2.24) is 4.70 Å². The lowest BCUT2D eigenvalue weighted by Crippen LogP contribution is -1.96. The van der Waals surface area contributed by atoms with Crippen molar-refractivity contribution in [1.29, 1.82) is 0 Å². The maximum atomic E-state index is 9.79. The third-order valence-corrected chi connectivity index (χ3v) is 2.00. The summed E-state index contributed by atoms with van der Waals surface area (Å²) in [5.41, 5.74) is 10.3. The van der Waals surface area contributed by atoms with Crippen molar-refractivity contribution in [3.63, 3.8) is 0 Å². The molecule has 0 heterocycles. The summed E-state index contributed by atoms with van der Waals surface area (Å²) in [5, 5.41) is 18.5. The van der Waals surface area contributed by atoms with Crippen LogP contribution in [0.1, 0.15) is 0 Å². The SMILES string of the molecule is [N-]=[N+](c1[c]ccc(O)c1)c1[c]ccc(O)c1. The predicted molar refractivity (Wildman–Crippen MR) is 58.7 cm³/mol. The molecular weight excluding hydrogens is 204 g/mol. The van der Waals surface area contributed by atoms with Crippen LogP contribution in [0.5, 0.6) is 11.5 Å². The van der Waals surface area contributed by atoms with E-state index in [-0.39, 0.29) is 22.9 Å². The van der Waals surface area contributed by atoms with Crippen molar-refractivity contribution < 1.29 is 10.2 Å². The number of aromatic hydroxyl groups is 2. The number of rotatable bonds is 2. The van der Waals surface area contributed by atoms with Crippen LogP contribution < -0.4 is 4.70 Å². The van der Waals surface area contributed by atoms with Crippen LogP contribution in [0.15, 0.2) is 36.4 Å². The van der Waals surface area contributed by atoms with Crippen LogP contribution in [-0.2, 0) is 0 Å². The second-order valence-electron chi connectivity index (χ2n) is 3.18. The third kappa shape index (κ3) is 2.00. The van der Waals surface area contributed by atoms with Crippen LogP contribution in [0, 0.1) is 12.1 Å². The maximum Gasteiger partial charge on any atom is 0.211 e. The Labute approximate surface area is 92.5 Å². The molecule has 0 aliphatic carbocycles. The van der Waals surface area contributed by atoms with E-state index in [1.54, 1.807) is 0 Å². The fraction of sp³-hybridized carbons (Fsp3) is 0. The minimum Gasteiger partial charge on any atom is -0.508 e. The summed E-state index contributed by atoms with van der Waals surface area (Å²) in [5.74, 6) is 0.0425. The number of hydrogen-bond donors (Lipinski definition) is 2. The van der Waals surface area contributed by atoms with E-state index < -0.39 is 0 Å². The van der Waals surface area contributed by atoms with Crippen LogP contribution in [0.3, 0.4) is 0 Å². The van der Waals surface area contributed by atoms with Gasteiger partial charge in [0.25, 0.3) is 0 Å². The van der Waals surface area contributed by atoms with Gasteiger partial charge in [-0.2, -0.15) is 0 Å². The Morgan fingerprint density at radius 2 is 1.38 bits per heavy atom. The third-order valence-electron chi connectivity index (χ3n) is 2.00. The monoisotopic (exact) mass is 212 g/mol. The van der Waals surface area contributed by atoms with Crippen molar-refractivity contribution in [2.45, 2.75) is 0 Å². The van der Waals surface area contributed by atoms with E-state index >= 15 is 0 Å². The van der Waals surface area contributed by atoms with E-state index in [4.69, 9.17) is 0 Å². The van der Waals surface area contributed by atoms with Gasteiger partial charge in [0.15, 0.2) is 0 Å². The molecule has 0 fully saturated rings. The molecule has 0 spiro atoms. The minimum atomic E-state index is 0.0213.